The molecule has 0 saturated carbocycles. The van der Waals surface area contributed by atoms with Gasteiger partial charge in [-0.3, -0.25) is 4.79 Å². The van der Waals surface area contributed by atoms with Crippen molar-refractivity contribution in [1.29, 1.82) is 0 Å². The molecule has 2 aromatic carbocycles. The summed E-state index contributed by atoms with van der Waals surface area (Å²) in [6.07, 6.45) is 3.25. The second-order valence-electron chi connectivity index (χ2n) is 6.11. The number of amides is 1. The highest BCUT2D eigenvalue weighted by atomic mass is 16.5. The summed E-state index contributed by atoms with van der Waals surface area (Å²) < 4.78 is 5.61. The Morgan fingerprint density at radius 3 is 2.29 bits per heavy atom. The number of carbonyl (C=O) groups is 1. The highest BCUT2D eigenvalue weighted by Crippen LogP contribution is 2.21. The summed E-state index contributed by atoms with van der Waals surface area (Å²) in [7, 11) is 0. The lowest BCUT2D eigenvalue weighted by molar-refractivity contribution is 0.102. The maximum Gasteiger partial charge on any atom is 0.255 e. The fraction of sp³-hybridized carbons (Fsp3) is 0.381. The van der Waals surface area contributed by atoms with E-state index in [4.69, 9.17) is 4.74 Å². The van der Waals surface area contributed by atoms with E-state index in [2.05, 4.69) is 38.2 Å². The largest absolute Gasteiger partial charge is 0.494 e. The topological polar surface area (TPSA) is 38.3 Å². The fourth-order valence-corrected chi connectivity index (χ4v) is 2.37. The number of ether oxygens (including phenoxy) is 1. The Bertz CT molecular complexity index is 632. The van der Waals surface area contributed by atoms with Crippen molar-refractivity contribution >= 4 is 11.6 Å². The van der Waals surface area contributed by atoms with Crippen LogP contribution in [0.3, 0.4) is 0 Å². The van der Waals surface area contributed by atoms with Crippen LogP contribution >= 0.6 is 0 Å². The van der Waals surface area contributed by atoms with E-state index in [0.717, 1.165) is 30.7 Å². The Kier molecular flexibility index (Phi) is 6.86. The second kappa shape index (κ2) is 9.11. The third-order valence-electron chi connectivity index (χ3n) is 4.23. The van der Waals surface area contributed by atoms with Crippen molar-refractivity contribution in [2.75, 3.05) is 11.9 Å². The lowest BCUT2D eigenvalue weighted by Gasteiger charge is -2.11. The number of anilines is 1. The molecule has 0 aliphatic heterocycles. The smallest absolute Gasteiger partial charge is 0.255 e. The van der Waals surface area contributed by atoms with Crippen LogP contribution in [-0.4, -0.2) is 12.5 Å². The molecule has 0 aliphatic rings. The summed E-state index contributed by atoms with van der Waals surface area (Å²) in [5.74, 6) is 1.24. The molecule has 1 N–H and O–H groups in total. The number of nitrogens with one attached hydrogen (secondary N) is 1. The summed E-state index contributed by atoms with van der Waals surface area (Å²) in [5, 5.41) is 2.93. The zero-order valence-electron chi connectivity index (χ0n) is 14.8. The molecule has 1 amide bonds. The zero-order chi connectivity index (χ0) is 17.4. The van der Waals surface area contributed by atoms with E-state index in [9.17, 15) is 4.79 Å². The quantitative estimate of drug-likeness (QED) is 0.639. The Balaban J connectivity index is 1.94. The minimum atomic E-state index is -0.105. The van der Waals surface area contributed by atoms with E-state index in [1.807, 2.05) is 24.3 Å². The summed E-state index contributed by atoms with van der Waals surface area (Å²) in [6.45, 7) is 7.23. The molecular formula is C21H27NO2. The van der Waals surface area contributed by atoms with E-state index in [0.29, 0.717) is 18.1 Å². The first-order chi connectivity index (χ1) is 11.6. The minimum Gasteiger partial charge on any atom is -0.494 e. The Morgan fingerprint density at radius 1 is 1.04 bits per heavy atom. The van der Waals surface area contributed by atoms with Crippen LogP contribution in [0.5, 0.6) is 5.75 Å². The normalized spacial score (nSPS) is 11.8. The summed E-state index contributed by atoms with van der Waals surface area (Å²) in [5.41, 5.74) is 2.74. The van der Waals surface area contributed by atoms with Crippen LogP contribution in [0.2, 0.25) is 0 Å². The first-order valence-electron chi connectivity index (χ1n) is 8.78. The van der Waals surface area contributed by atoms with Crippen molar-refractivity contribution in [3.05, 3.63) is 59.7 Å². The van der Waals surface area contributed by atoms with Crippen molar-refractivity contribution < 1.29 is 9.53 Å². The standard InChI is InChI=1S/C21H27NO2/c1-4-6-15-24-20-13-9-18(10-14-20)21(23)22-19-11-7-17(8-12-19)16(3)5-2/h7-14,16H,4-6,15H2,1-3H3,(H,22,23)/t16-/m0/s1. The van der Waals surface area contributed by atoms with Gasteiger partial charge < -0.3 is 10.1 Å². The zero-order valence-corrected chi connectivity index (χ0v) is 14.8. The van der Waals surface area contributed by atoms with E-state index < -0.39 is 0 Å². The molecule has 0 aromatic heterocycles. The van der Waals surface area contributed by atoms with Gasteiger partial charge in [0.25, 0.3) is 5.91 Å². The molecule has 0 heterocycles. The molecule has 0 unspecified atom stereocenters. The average Bonchev–Trinajstić information content (AvgIpc) is 2.62. The van der Waals surface area contributed by atoms with Gasteiger partial charge >= 0.3 is 0 Å². The maximum absolute atomic E-state index is 12.3. The van der Waals surface area contributed by atoms with Crippen LogP contribution in [0.4, 0.5) is 5.69 Å². The highest BCUT2D eigenvalue weighted by Gasteiger charge is 2.07. The molecule has 3 nitrogen and oxygen atoms in total. The Morgan fingerprint density at radius 2 is 1.71 bits per heavy atom. The van der Waals surface area contributed by atoms with E-state index >= 15 is 0 Å². The molecular weight excluding hydrogens is 298 g/mol. The summed E-state index contributed by atoms with van der Waals surface area (Å²) >= 11 is 0. The van der Waals surface area contributed by atoms with E-state index in [1.165, 1.54) is 5.56 Å². The summed E-state index contributed by atoms with van der Waals surface area (Å²) in [4.78, 5) is 12.3. The first-order valence-corrected chi connectivity index (χ1v) is 8.78. The van der Waals surface area contributed by atoms with Gasteiger partial charge in [0.15, 0.2) is 0 Å². The predicted octanol–water partition coefficient (Wildman–Crippen LogP) is 5.63. The van der Waals surface area contributed by atoms with Crippen LogP contribution < -0.4 is 10.1 Å². The molecule has 2 rings (SSSR count). The fourth-order valence-electron chi connectivity index (χ4n) is 2.37. The van der Waals surface area contributed by atoms with Gasteiger partial charge in [0.1, 0.15) is 5.75 Å². The van der Waals surface area contributed by atoms with Gasteiger partial charge in [-0.1, -0.05) is 39.3 Å². The number of hydrogen-bond acceptors (Lipinski definition) is 2. The second-order valence-corrected chi connectivity index (χ2v) is 6.11. The molecule has 0 saturated heterocycles. The molecule has 2 aromatic rings. The van der Waals surface area contributed by atoms with E-state index in [-0.39, 0.29) is 5.91 Å². The van der Waals surface area contributed by atoms with Crippen LogP contribution in [0.15, 0.2) is 48.5 Å². The lowest BCUT2D eigenvalue weighted by atomic mass is 9.98. The lowest BCUT2D eigenvalue weighted by Crippen LogP contribution is -2.11. The molecule has 0 fully saturated rings. The predicted molar refractivity (Wildman–Crippen MR) is 99.9 cm³/mol. The van der Waals surface area contributed by atoms with E-state index in [1.54, 1.807) is 12.1 Å². The average molecular weight is 325 g/mol. The molecule has 0 spiro atoms. The molecule has 3 heteroatoms. The number of benzene rings is 2. The number of unbranched alkanes of at least 4 members (excludes halogenated alkanes) is 1. The van der Waals surface area contributed by atoms with Crippen LogP contribution in [0, 0.1) is 0 Å². The Labute approximate surface area is 145 Å². The third kappa shape index (κ3) is 5.12. The van der Waals surface area contributed by atoms with Crippen molar-refractivity contribution in [3.63, 3.8) is 0 Å². The number of rotatable bonds is 8. The van der Waals surface area contributed by atoms with Gasteiger partial charge in [-0.2, -0.15) is 0 Å². The number of carbonyl (C=O) groups excluding carboxylic acids is 1. The molecule has 0 aliphatic carbocycles. The molecule has 128 valence electrons. The molecule has 24 heavy (non-hydrogen) atoms. The van der Waals surface area contributed by atoms with Gasteiger partial charge in [-0.15, -0.1) is 0 Å². The van der Waals surface area contributed by atoms with Crippen molar-refractivity contribution in [2.24, 2.45) is 0 Å². The maximum atomic E-state index is 12.3. The third-order valence-corrected chi connectivity index (χ3v) is 4.23. The van der Waals surface area contributed by atoms with Crippen molar-refractivity contribution in [1.82, 2.24) is 0 Å². The molecule has 0 bridgehead atoms. The van der Waals surface area contributed by atoms with Gasteiger partial charge in [-0.05, 0) is 60.7 Å². The van der Waals surface area contributed by atoms with Crippen LogP contribution in [-0.2, 0) is 0 Å². The minimum absolute atomic E-state index is 0.105. The van der Waals surface area contributed by atoms with Gasteiger partial charge in [-0.25, -0.2) is 0 Å². The highest BCUT2D eigenvalue weighted by molar-refractivity contribution is 6.04. The molecule has 1 atom stereocenters. The summed E-state index contributed by atoms with van der Waals surface area (Å²) in [6, 6.07) is 15.4. The van der Waals surface area contributed by atoms with Crippen molar-refractivity contribution in [3.8, 4) is 5.75 Å². The first kappa shape index (κ1) is 18.1. The SMILES string of the molecule is CCCCOc1ccc(C(=O)Nc2ccc([C@@H](C)CC)cc2)cc1. The van der Waals surface area contributed by atoms with Gasteiger partial charge in [0, 0.05) is 11.3 Å². The monoisotopic (exact) mass is 325 g/mol. The van der Waals surface area contributed by atoms with Crippen LogP contribution in [0.1, 0.15) is 61.9 Å². The van der Waals surface area contributed by atoms with Gasteiger partial charge in [0.05, 0.1) is 6.61 Å². The van der Waals surface area contributed by atoms with Crippen molar-refractivity contribution in [2.45, 2.75) is 46.0 Å². The number of hydrogen-bond donors (Lipinski definition) is 1. The Hall–Kier alpha value is -2.29. The molecule has 0 radical (unpaired) electrons. The van der Waals surface area contributed by atoms with Crippen LogP contribution in [0.25, 0.3) is 0 Å². The van der Waals surface area contributed by atoms with Gasteiger partial charge in [0.2, 0.25) is 0 Å².